The number of nitrogens with one attached hydrogen (secondary N) is 2. The summed E-state index contributed by atoms with van der Waals surface area (Å²) in [6.07, 6.45) is 6.87. The van der Waals surface area contributed by atoms with Crippen molar-refractivity contribution in [2.24, 2.45) is 11.8 Å². The maximum atomic E-state index is 12.2. The van der Waals surface area contributed by atoms with Crippen LogP contribution < -0.4 is 10.2 Å². The van der Waals surface area contributed by atoms with Gasteiger partial charge in [-0.1, -0.05) is 24.4 Å². The summed E-state index contributed by atoms with van der Waals surface area (Å²) >= 11 is 5.85. The Hall–Kier alpha value is -1.06. The van der Waals surface area contributed by atoms with Crippen molar-refractivity contribution < 1.29 is 9.69 Å². The molecule has 2 aliphatic rings. The number of hydrogen-bond donors (Lipinski definition) is 2. The van der Waals surface area contributed by atoms with E-state index in [1.54, 1.807) is 12.1 Å². The molecule has 1 unspecified atom stereocenters. The molecule has 114 valence electrons. The summed E-state index contributed by atoms with van der Waals surface area (Å²) in [4.78, 5) is 13.6. The largest absolute Gasteiger partial charge is 0.327 e. The SMILES string of the molecule is O=C(C[NH+]1CC[C@@H]2CCCC[C@@H]2C1)Nc1ccc(Cl)cc1. The molecular weight excluding hydrogens is 284 g/mol. The number of amides is 1. The fraction of sp³-hybridized carbons (Fsp3) is 0.588. The Labute approximate surface area is 131 Å². The predicted octanol–water partition coefficient (Wildman–Crippen LogP) is 2.37. The third kappa shape index (κ3) is 3.98. The summed E-state index contributed by atoms with van der Waals surface area (Å²) in [5, 5.41) is 3.66. The number of carbonyl (C=O) groups excluding carboxylic acids is 1. The van der Waals surface area contributed by atoms with Gasteiger partial charge >= 0.3 is 0 Å². The molecule has 21 heavy (non-hydrogen) atoms. The number of carbonyl (C=O) groups is 1. The molecule has 4 heteroatoms. The average Bonchev–Trinajstić information content (AvgIpc) is 2.49. The molecule has 3 rings (SSSR count). The topological polar surface area (TPSA) is 33.5 Å². The van der Waals surface area contributed by atoms with Gasteiger partial charge in [0.2, 0.25) is 0 Å². The lowest BCUT2D eigenvalue weighted by Crippen LogP contribution is -3.15. The lowest BCUT2D eigenvalue weighted by atomic mass is 9.75. The molecule has 1 heterocycles. The standard InChI is InChI=1S/C17H23ClN2O/c18-15-5-7-16(8-6-15)19-17(21)12-20-10-9-13-3-1-2-4-14(13)11-20/h5-8,13-14H,1-4,9-12H2,(H,19,21)/p+1/t13-,14+/m0/s1. The van der Waals surface area contributed by atoms with Crippen LogP contribution in [0.4, 0.5) is 5.69 Å². The molecule has 2 N–H and O–H groups in total. The lowest BCUT2D eigenvalue weighted by molar-refractivity contribution is -0.902. The highest BCUT2D eigenvalue weighted by atomic mass is 35.5. The summed E-state index contributed by atoms with van der Waals surface area (Å²) in [6.45, 7) is 2.92. The van der Waals surface area contributed by atoms with Gasteiger partial charge < -0.3 is 10.2 Å². The van der Waals surface area contributed by atoms with Gasteiger partial charge in [0, 0.05) is 16.6 Å². The first-order chi connectivity index (χ1) is 10.2. The molecule has 0 radical (unpaired) electrons. The molecule has 0 spiro atoms. The van der Waals surface area contributed by atoms with Gasteiger partial charge in [0.05, 0.1) is 13.1 Å². The van der Waals surface area contributed by atoms with Crippen molar-refractivity contribution >= 4 is 23.2 Å². The molecular formula is C17H24ClN2O+. The smallest absolute Gasteiger partial charge is 0.279 e. The zero-order valence-electron chi connectivity index (χ0n) is 12.4. The van der Waals surface area contributed by atoms with E-state index in [1.807, 2.05) is 12.1 Å². The zero-order chi connectivity index (χ0) is 14.7. The van der Waals surface area contributed by atoms with E-state index < -0.39 is 0 Å². The first-order valence-corrected chi connectivity index (χ1v) is 8.47. The summed E-state index contributed by atoms with van der Waals surface area (Å²) < 4.78 is 0. The fourth-order valence-corrected chi connectivity index (χ4v) is 4.05. The van der Waals surface area contributed by atoms with Crippen LogP contribution in [0.15, 0.2) is 24.3 Å². The average molecular weight is 308 g/mol. The Morgan fingerprint density at radius 2 is 1.86 bits per heavy atom. The third-order valence-corrected chi connectivity index (χ3v) is 5.28. The van der Waals surface area contributed by atoms with Gasteiger partial charge in [0.1, 0.15) is 0 Å². The molecule has 1 amide bonds. The second-order valence-corrected chi connectivity index (χ2v) is 6.97. The molecule has 3 atom stereocenters. The van der Waals surface area contributed by atoms with Crippen LogP contribution in [0.1, 0.15) is 32.1 Å². The van der Waals surface area contributed by atoms with Gasteiger partial charge in [-0.2, -0.15) is 0 Å². The first-order valence-electron chi connectivity index (χ1n) is 8.10. The van der Waals surface area contributed by atoms with Crippen LogP contribution in [0.5, 0.6) is 0 Å². The molecule has 3 nitrogen and oxygen atoms in total. The van der Waals surface area contributed by atoms with Crippen LogP contribution in [-0.4, -0.2) is 25.5 Å². The van der Waals surface area contributed by atoms with Crippen molar-refractivity contribution in [1.29, 1.82) is 0 Å². The van der Waals surface area contributed by atoms with Gasteiger partial charge in [-0.3, -0.25) is 4.79 Å². The summed E-state index contributed by atoms with van der Waals surface area (Å²) in [6, 6.07) is 7.31. The van der Waals surface area contributed by atoms with E-state index in [0.717, 1.165) is 24.1 Å². The summed E-state index contributed by atoms with van der Waals surface area (Å²) in [7, 11) is 0. The molecule has 1 saturated heterocycles. The van der Waals surface area contributed by atoms with Crippen LogP contribution in [0.25, 0.3) is 0 Å². The number of benzene rings is 1. The van der Waals surface area contributed by atoms with Crippen LogP contribution >= 0.6 is 11.6 Å². The van der Waals surface area contributed by atoms with Crippen LogP contribution in [0, 0.1) is 11.8 Å². The minimum absolute atomic E-state index is 0.113. The number of hydrogen-bond acceptors (Lipinski definition) is 1. The second kappa shape index (κ2) is 6.80. The molecule has 1 aromatic carbocycles. The Kier molecular flexibility index (Phi) is 4.81. The van der Waals surface area contributed by atoms with Crippen LogP contribution in [0.2, 0.25) is 5.02 Å². The highest BCUT2D eigenvalue weighted by Gasteiger charge is 2.34. The van der Waals surface area contributed by atoms with E-state index in [-0.39, 0.29) is 5.91 Å². The highest BCUT2D eigenvalue weighted by molar-refractivity contribution is 6.30. The maximum Gasteiger partial charge on any atom is 0.279 e. The monoisotopic (exact) mass is 307 g/mol. The van der Waals surface area contributed by atoms with E-state index >= 15 is 0 Å². The van der Waals surface area contributed by atoms with Crippen molar-refractivity contribution in [3.63, 3.8) is 0 Å². The zero-order valence-corrected chi connectivity index (χ0v) is 13.2. The van der Waals surface area contributed by atoms with E-state index in [2.05, 4.69) is 5.32 Å². The normalized spacial score (nSPS) is 28.7. The Morgan fingerprint density at radius 3 is 2.62 bits per heavy atom. The lowest BCUT2D eigenvalue weighted by Gasteiger charge is -2.38. The van der Waals surface area contributed by atoms with Crippen molar-refractivity contribution in [3.8, 4) is 0 Å². The molecule has 1 aliphatic carbocycles. The second-order valence-electron chi connectivity index (χ2n) is 6.53. The quantitative estimate of drug-likeness (QED) is 0.883. The number of quaternary nitrogens is 1. The van der Waals surface area contributed by atoms with Crippen LogP contribution in [0.3, 0.4) is 0 Å². The highest BCUT2D eigenvalue weighted by Crippen LogP contribution is 2.32. The molecule has 1 aromatic rings. The molecule has 0 bridgehead atoms. The van der Waals surface area contributed by atoms with Crippen molar-refractivity contribution in [2.45, 2.75) is 32.1 Å². The molecule has 1 aliphatic heterocycles. The number of likely N-dealkylation sites (tertiary alicyclic amines) is 1. The van der Waals surface area contributed by atoms with Gasteiger partial charge in [-0.25, -0.2) is 0 Å². The van der Waals surface area contributed by atoms with E-state index in [9.17, 15) is 4.79 Å². The molecule has 2 fully saturated rings. The summed E-state index contributed by atoms with van der Waals surface area (Å²) in [5.74, 6) is 1.90. The Balaban J connectivity index is 1.49. The number of anilines is 1. The van der Waals surface area contributed by atoms with Crippen LogP contribution in [-0.2, 0) is 4.79 Å². The van der Waals surface area contributed by atoms with Crippen molar-refractivity contribution in [1.82, 2.24) is 0 Å². The first kappa shape index (κ1) is 14.9. The Morgan fingerprint density at radius 1 is 1.14 bits per heavy atom. The Bertz CT molecular complexity index is 488. The summed E-state index contributed by atoms with van der Waals surface area (Å²) in [5.41, 5.74) is 0.830. The van der Waals surface area contributed by atoms with Crippen molar-refractivity contribution in [3.05, 3.63) is 29.3 Å². The van der Waals surface area contributed by atoms with Gasteiger partial charge in [0.15, 0.2) is 6.54 Å². The van der Waals surface area contributed by atoms with E-state index in [0.29, 0.717) is 11.6 Å². The third-order valence-electron chi connectivity index (χ3n) is 5.02. The van der Waals surface area contributed by atoms with E-state index in [4.69, 9.17) is 11.6 Å². The predicted molar refractivity (Wildman–Crippen MR) is 85.7 cm³/mol. The number of rotatable bonds is 3. The van der Waals surface area contributed by atoms with E-state index in [1.165, 1.54) is 43.5 Å². The molecule has 1 saturated carbocycles. The maximum absolute atomic E-state index is 12.2. The van der Waals surface area contributed by atoms with Gasteiger partial charge in [0.25, 0.3) is 5.91 Å². The number of piperidine rings is 1. The van der Waals surface area contributed by atoms with Gasteiger partial charge in [-0.05, 0) is 49.4 Å². The minimum Gasteiger partial charge on any atom is -0.327 e. The molecule has 0 aromatic heterocycles. The fourth-order valence-electron chi connectivity index (χ4n) is 3.92. The number of fused-ring (bicyclic) bond motifs is 1. The minimum atomic E-state index is 0.113. The van der Waals surface area contributed by atoms with Crippen molar-refractivity contribution in [2.75, 3.05) is 25.0 Å². The van der Waals surface area contributed by atoms with Gasteiger partial charge in [-0.15, -0.1) is 0 Å². The number of halogens is 1.